The summed E-state index contributed by atoms with van der Waals surface area (Å²) in [6.07, 6.45) is -0.532. The van der Waals surface area contributed by atoms with Crippen molar-refractivity contribution >= 4 is 11.9 Å². The molecule has 1 atom stereocenters. The van der Waals surface area contributed by atoms with Crippen LogP contribution < -0.4 is 5.32 Å². The molecule has 0 bridgehead atoms. The fraction of sp³-hybridized carbons (Fsp3) is 0.130. The van der Waals surface area contributed by atoms with Gasteiger partial charge in [0, 0.05) is 5.56 Å². The first-order chi connectivity index (χ1) is 13.5. The SMILES string of the molecule is C[C@@H](OC(=O)CNC(=O)c1ccc(-c2ccccc2)cc1)c1ccc(F)cc1. The molecule has 5 heteroatoms. The zero-order valence-corrected chi connectivity index (χ0v) is 15.4. The van der Waals surface area contributed by atoms with Gasteiger partial charge < -0.3 is 10.1 Å². The van der Waals surface area contributed by atoms with Crippen molar-refractivity contribution in [3.05, 3.63) is 95.8 Å². The maximum absolute atomic E-state index is 12.9. The third kappa shape index (κ3) is 5.04. The highest BCUT2D eigenvalue weighted by molar-refractivity contribution is 5.96. The summed E-state index contributed by atoms with van der Waals surface area (Å²) in [5.74, 6) is -1.27. The first-order valence-corrected chi connectivity index (χ1v) is 8.91. The lowest BCUT2D eigenvalue weighted by atomic mass is 10.0. The molecular formula is C23H20FNO3. The number of halogens is 1. The van der Waals surface area contributed by atoms with E-state index in [9.17, 15) is 14.0 Å². The Kier molecular flexibility index (Phi) is 6.17. The summed E-state index contributed by atoms with van der Waals surface area (Å²) in [6.45, 7) is 1.44. The van der Waals surface area contributed by atoms with Gasteiger partial charge in [-0.25, -0.2) is 4.39 Å². The number of nitrogens with one attached hydrogen (secondary N) is 1. The van der Waals surface area contributed by atoms with Gasteiger partial charge in [0.15, 0.2) is 0 Å². The Morgan fingerprint density at radius 3 is 2.14 bits per heavy atom. The molecule has 0 unspecified atom stereocenters. The van der Waals surface area contributed by atoms with Crippen LogP contribution in [0.3, 0.4) is 0 Å². The van der Waals surface area contributed by atoms with Gasteiger partial charge >= 0.3 is 5.97 Å². The topological polar surface area (TPSA) is 55.4 Å². The third-order valence-electron chi connectivity index (χ3n) is 4.30. The number of esters is 1. The third-order valence-corrected chi connectivity index (χ3v) is 4.30. The maximum atomic E-state index is 12.9. The molecule has 0 saturated carbocycles. The van der Waals surface area contributed by atoms with Crippen LogP contribution in [0.5, 0.6) is 0 Å². The molecule has 0 aliphatic heterocycles. The monoisotopic (exact) mass is 377 g/mol. The summed E-state index contributed by atoms with van der Waals surface area (Å²) < 4.78 is 18.2. The highest BCUT2D eigenvalue weighted by Crippen LogP contribution is 2.19. The molecule has 0 fully saturated rings. The van der Waals surface area contributed by atoms with Crippen molar-refractivity contribution in [3.8, 4) is 11.1 Å². The number of carbonyl (C=O) groups excluding carboxylic acids is 2. The van der Waals surface area contributed by atoms with Crippen molar-refractivity contribution in [1.82, 2.24) is 5.32 Å². The molecule has 0 aliphatic rings. The summed E-state index contributed by atoms with van der Waals surface area (Å²) in [7, 11) is 0. The molecule has 3 aromatic rings. The molecule has 0 aliphatic carbocycles. The standard InChI is InChI=1S/C23H20FNO3/c1-16(17-11-13-21(24)14-12-17)28-22(26)15-25-23(27)20-9-7-19(8-10-20)18-5-3-2-4-6-18/h2-14,16H,15H2,1H3,(H,25,27)/t16-/m1/s1. The lowest BCUT2D eigenvalue weighted by Crippen LogP contribution is -2.31. The minimum Gasteiger partial charge on any atom is -0.456 e. The zero-order chi connectivity index (χ0) is 19.9. The predicted molar refractivity (Wildman–Crippen MR) is 105 cm³/mol. The fourth-order valence-corrected chi connectivity index (χ4v) is 2.74. The van der Waals surface area contributed by atoms with Crippen LogP contribution in [0, 0.1) is 5.82 Å². The van der Waals surface area contributed by atoms with Gasteiger partial charge in [0.2, 0.25) is 0 Å². The van der Waals surface area contributed by atoms with E-state index in [4.69, 9.17) is 4.74 Å². The lowest BCUT2D eigenvalue weighted by molar-refractivity contribution is -0.147. The van der Waals surface area contributed by atoms with Gasteiger partial charge in [-0.1, -0.05) is 54.6 Å². The first-order valence-electron chi connectivity index (χ1n) is 8.91. The average Bonchev–Trinajstić information content (AvgIpc) is 2.73. The van der Waals surface area contributed by atoms with Gasteiger partial charge in [-0.15, -0.1) is 0 Å². The number of benzene rings is 3. The molecule has 0 saturated heterocycles. The van der Waals surface area contributed by atoms with E-state index >= 15 is 0 Å². The van der Waals surface area contributed by atoms with Crippen molar-refractivity contribution in [2.75, 3.05) is 6.54 Å². The quantitative estimate of drug-likeness (QED) is 0.642. The minimum absolute atomic E-state index is 0.245. The second-order valence-corrected chi connectivity index (χ2v) is 6.31. The average molecular weight is 377 g/mol. The minimum atomic E-state index is -0.564. The number of carbonyl (C=O) groups is 2. The van der Waals surface area contributed by atoms with Crippen LogP contribution in [0.2, 0.25) is 0 Å². The summed E-state index contributed by atoms with van der Waals surface area (Å²) >= 11 is 0. The number of rotatable bonds is 6. The number of amides is 1. The Morgan fingerprint density at radius 1 is 0.893 bits per heavy atom. The van der Waals surface area contributed by atoms with Crippen LogP contribution in [0.1, 0.15) is 28.9 Å². The van der Waals surface area contributed by atoms with Crippen molar-refractivity contribution < 1.29 is 18.7 Å². The Balaban J connectivity index is 1.52. The summed E-state index contributed by atoms with van der Waals surface area (Å²) in [5.41, 5.74) is 3.20. The van der Waals surface area contributed by atoms with Crippen LogP contribution in [0.25, 0.3) is 11.1 Å². The van der Waals surface area contributed by atoms with Crippen molar-refractivity contribution in [2.45, 2.75) is 13.0 Å². The fourth-order valence-electron chi connectivity index (χ4n) is 2.74. The van der Waals surface area contributed by atoms with Gasteiger partial charge in [-0.05, 0) is 47.9 Å². The lowest BCUT2D eigenvalue weighted by Gasteiger charge is -2.14. The molecule has 0 spiro atoms. The molecule has 28 heavy (non-hydrogen) atoms. The van der Waals surface area contributed by atoms with Gasteiger partial charge in [0.25, 0.3) is 5.91 Å². The molecule has 3 rings (SSSR count). The van der Waals surface area contributed by atoms with Crippen LogP contribution in [-0.2, 0) is 9.53 Å². The van der Waals surface area contributed by atoms with Gasteiger partial charge in [-0.2, -0.15) is 0 Å². The molecule has 142 valence electrons. The van der Waals surface area contributed by atoms with E-state index in [1.54, 1.807) is 31.2 Å². The molecule has 1 amide bonds. The van der Waals surface area contributed by atoms with Crippen LogP contribution in [0.4, 0.5) is 4.39 Å². The maximum Gasteiger partial charge on any atom is 0.326 e. The Morgan fingerprint density at radius 2 is 1.50 bits per heavy atom. The smallest absolute Gasteiger partial charge is 0.326 e. The molecule has 0 radical (unpaired) electrons. The molecule has 3 aromatic carbocycles. The van der Waals surface area contributed by atoms with E-state index in [0.29, 0.717) is 11.1 Å². The largest absolute Gasteiger partial charge is 0.456 e. The van der Waals surface area contributed by atoms with Crippen LogP contribution in [0.15, 0.2) is 78.9 Å². The molecule has 0 aromatic heterocycles. The molecular weight excluding hydrogens is 357 g/mol. The van der Waals surface area contributed by atoms with Crippen molar-refractivity contribution in [2.24, 2.45) is 0 Å². The first kappa shape index (κ1) is 19.3. The Bertz CT molecular complexity index is 938. The molecule has 1 N–H and O–H groups in total. The second-order valence-electron chi connectivity index (χ2n) is 6.31. The predicted octanol–water partition coefficient (Wildman–Crippen LogP) is 4.53. The Hall–Kier alpha value is -3.47. The van der Waals surface area contributed by atoms with E-state index in [1.165, 1.54) is 12.1 Å². The number of hydrogen-bond acceptors (Lipinski definition) is 3. The summed E-state index contributed by atoms with van der Waals surface area (Å²) in [4.78, 5) is 24.2. The molecule has 4 nitrogen and oxygen atoms in total. The highest BCUT2D eigenvalue weighted by Gasteiger charge is 2.14. The normalized spacial score (nSPS) is 11.5. The van der Waals surface area contributed by atoms with E-state index in [-0.39, 0.29) is 18.3 Å². The van der Waals surface area contributed by atoms with Crippen LogP contribution >= 0.6 is 0 Å². The van der Waals surface area contributed by atoms with E-state index in [0.717, 1.165) is 11.1 Å². The van der Waals surface area contributed by atoms with Crippen molar-refractivity contribution in [3.63, 3.8) is 0 Å². The summed E-state index contributed by atoms with van der Waals surface area (Å²) in [6, 6.07) is 22.7. The van der Waals surface area contributed by atoms with Gasteiger partial charge in [0.05, 0.1) is 0 Å². The Labute approximate surface area is 163 Å². The second kappa shape index (κ2) is 8.95. The molecule has 0 heterocycles. The highest BCUT2D eigenvalue weighted by atomic mass is 19.1. The van der Waals surface area contributed by atoms with E-state index in [1.807, 2.05) is 42.5 Å². The number of ether oxygens (including phenoxy) is 1. The van der Waals surface area contributed by atoms with Gasteiger partial charge in [0.1, 0.15) is 18.5 Å². The van der Waals surface area contributed by atoms with E-state index in [2.05, 4.69) is 5.32 Å². The van der Waals surface area contributed by atoms with Crippen molar-refractivity contribution in [1.29, 1.82) is 0 Å². The zero-order valence-electron chi connectivity index (χ0n) is 15.4. The van der Waals surface area contributed by atoms with Gasteiger partial charge in [-0.3, -0.25) is 9.59 Å². The number of hydrogen-bond donors (Lipinski definition) is 1. The van der Waals surface area contributed by atoms with Crippen LogP contribution in [-0.4, -0.2) is 18.4 Å². The summed E-state index contributed by atoms with van der Waals surface area (Å²) in [5, 5.41) is 2.55. The van der Waals surface area contributed by atoms with E-state index < -0.39 is 12.1 Å².